The third-order valence-corrected chi connectivity index (χ3v) is 3.32. The number of carbonyl (C=O) groups excluding carboxylic acids is 1. The van der Waals surface area contributed by atoms with Crippen molar-refractivity contribution in [1.29, 1.82) is 0 Å². The van der Waals surface area contributed by atoms with Crippen LogP contribution in [0, 0.1) is 12.3 Å². The summed E-state index contributed by atoms with van der Waals surface area (Å²) in [6, 6.07) is 9.85. The van der Waals surface area contributed by atoms with Gasteiger partial charge in [-0.25, -0.2) is 4.68 Å². The Labute approximate surface area is 132 Å². The molecule has 0 unspecified atom stereocenters. The van der Waals surface area contributed by atoms with Crippen LogP contribution in [-0.4, -0.2) is 15.7 Å². The average molecular weight is 300 g/mol. The van der Waals surface area contributed by atoms with Crippen LogP contribution in [0.1, 0.15) is 45.4 Å². The summed E-state index contributed by atoms with van der Waals surface area (Å²) >= 11 is 0. The van der Waals surface area contributed by atoms with Crippen LogP contribution < -0.4 is 4.74 Å². The lowest BCUT2D eigenvalue weighted by Crippen LogP contribution is -2.26. The molecule has 0 aliphatic rings. The van der Waals surface area contributed by atoms with E-state index in [1.165, 1.54) is 5.56 Å². The maximum absolute atomic E-state index is 12.2. The molecule has 2 aromatic rings. The highest BCUT2D eigenvalue weighted by molar-refractivity contribution is 5.77. The number of ether oxygens (including phenoxy) is 1. The first-order valence-electron chi connectivity index (χ1n) is 7.69. The molecule has 0 spiro atoms. The highest BCUT2D eigenvalue weighted by Gasteiger charge is 2.25. The number of benzene rings is 1. The molecule has 1 aromatic carbocycles. The molecule has 1 aromatic heterocycles. The summed E-state index contributed by atoms with van der Waals surface area (Å²) < 4.78 is 7.29. The monoisotopic (exact) mass is 300 g/mol. The second kappa shape index (κ2) is 6.34. The Morgan fingerprint density at radius 3 is 2.41 bits per heavy atom. The molecule has 0 atom stereocenters. The van der Waals surface area contributed by atoms with E-state index >= 15 is 0 Å². The molecule has 0 bridgehead atoms. The van der Waals surface area contributed by atoms with E-state index in [-0.39, 0.29) is 5.97 Å². The quantitative estimate of drug-likeness (QED) is 0.799. The Bertz CT molecular complexity index is 649. The van der Waals surface area contributed by atoms with Crippen molar-refractivity contribution >= 4 is 5.97 Å². The average Bonchev–Trinajstić information content (AvgIpc) is 2.82. The van der Waals surface area contributed by atoms with Gasteiger partial charge in [-0.2, -0.15) is 5.10 Å². The second-order valence-electron chi connectivity index (χ2n) is 6.61. The van der Waals surface area contributed by atoms with Gasteiger partial charge in [0.05, 0.1) is 16.8 Å². The minimum absolute atomic E-state index is 0.260. The zero-order valence-electron chi connectivity index (χ0n) is 14.0. The molecule has 22 heavy (non-hydrogen) atoms. The minimum Gasteiger partial charge on any atom is -0.407 e. The SMILES string of the molecule is CCCc1cc(OC(=O)C(C)(C)C)n(-c2ccc(C)cc2)n1. The highest BCUT2D eigenvalue weighted by atomic mass is 16.5. The predicted octanol–water partition coefficient (Wildman–Crippen LogP) is 4.08. The van der Waals surface area contributed by atoms with Gasteiger partial charge in [0.2, 0.25) is 5.88 Å². The summed E-state index contributed by atoms with van der Waals surface area (Å²) in [6.45, 7) is 9.67. The minimum atomic E-state index is -0.548. The summed E-state index contributed by atoms with van der Waals surface area (Å²) in [5, 5.41) is 4.57. The number of aromatic nitrogens is 2. The van der Waals surface area contributed by atoms with Gasteiger partial charge in [-0.3, -0.25) is 4.79 Å². The van der Waals surface area contributed by atoms with Crippen LogP contribution in [0.3, 0.4) is 0 Å². The Balaban J connectivity index is 2.39. The van der Waals surface area contributed by atoms with E-state index < -0.39 is 5.41 Å². The molecule has 0 fully saturated rings. The molecular formula is C18H24N2O2. The van der Waals surface area contributed by atoms with Crippen molar-refractivity contribution in [2.45, 2.75) is 47.5 Å². The number of aryl methyl sites for hydroxylation is 2. The Morgan fingerprint density at radius 1 is 1.23 bits per heavy atom. The summed E-state index contributed by atoms with van der Waals surface area (Å²) in [4.78, 5) is 12.2. The lowest BCUT2D eigenvalue weighted by atomic mass is 9.97. The van der Waals surface area contributed by atoms with E-state index in [9.17, 15) is 4.79 Å². The fraction of sp³-hybridized carbons (Fsp3) is 0.444. The van der Waals surface area contributed by atoms with E-state index in [2.05, 4.69) is 12.0 Å². The maximum atomic E-state index is 12.2. The van der Waals surface area contributed by atoms with Crippen molar-refractivity contribution in [3.63, 3.8) is 0 Å². The van der Waals surface area contributed by atoms with Gasteiger partial charge in [0.1, 0.15) is 0 Å². The fourth-order valence-electron chi connectivity index (χ4n) is 1.98. The predicted molar refractivity (Wildman–Crippen MR) is 87.4 cm³/mol. The number of nitrogens with zero attached hydrogens (tertiary/aromatic N) is 2. The van der Waals surface area contributed by atoms with Crippen molar-refractivity contribution in [1.82, 2.24) is 9.78 Å². The molecule has 0 N–H and O–H groups in total. The van der Waals surface area contributed by atoms with Crippen molar-refractivity contribution in [2.24, 2.45) is 5.41 Å². The van der Waals surface area contributed by atoms with Gasteiger partial charge < -0.3 is 4.74 Å². The molecule has 0 saturated carbocycles. The van der Waals surface area contributed by atoms with Gasteiger partial charge >= 0.3 is 5.97 Å². The van der Waals surface area contributed by atoms with Crippen molar-refractivity contribution < 1.29 is 9.53 Å². The first-order valence-corrected chi connectivity index (χ1v) is 7.69. The number of hydrogen-bond donors (Lipinski definition) is 0. The second-order valence-corrected chi connectivity index (χ2v) is 6.61. The number of esters is 1. The Kier molecular flexibility index (Phi) is 4.69. The van der Waals surface area contributed by atoms with E-state index in [1.807, 2.05) is 58.0 Å². The summed E-state index contributed by atoms with van der Waals surface area (Å²) in [6.07, 6.45) is 1.86. The van der Waals surface area contributed by atoms with Crippen LogP contribution in [0.5, 0.6) is 5.88 Å². The fourth-order valence-corrected chi connectivity index (χ4v) is 1.98. The van der Waals surface area contributed by atoms with Crippen LogP contribution in [0.4, 0.5) is 0 Å². The third-order valence-electron chi connectivity index (χ3n) is 3.32. The smallest absolute Gasteiger partial charge is 0.317 e. The molecule has 0 radical (unpaired) electrons. The summed E-state index contributed by atoms with van der Waals surface area (Å²) in [7, 11) is 0. The van der Waals surface area contributed by atoms with Gasteiger partial charge in [-0.05, 0) is 46.2 Å². The molecular weight excluding hydrogens is 276 g/mol. The lowest BCUT2D eigenvalue weighted by Gasteiger charge is -2.16. The molecule has 0 aliphatic heterocycles. The Hall–Kier alpha value is -2.10. The summed E-state index contributed by atoms with van der Waals surface area (Å²) in [5.41, 5.74) is 2.45. The molecule has 118 valence electrons. The first kappa shape index (κ1) is 16.3. The van der Waals surface area contributed by atoms with E-state index in [4.69, 9.17) is 4.74 Å². The zero-order chi connectivity index (χ0) is 16.3. The molecule has 0 aliphatic carbocycles. The third kappa shape index (κ3) is 3.75. The molecule has 1 heterocycles. The first-order chi connectivity index (χ1) is 10.3. The van der Waals surface area contributed by atoms with Crippen LogP contribution in [0.15, 0.2) is 30.3 Å². The maximum Gasteiger partial charge on any atom is 0.317 e. The largest absolute Gasteiger partial charge is 0.407 e. The van der Waals surface area contributed by atoms with Gasteiger partial charge in [0, 0.05) is 6.07 Å². The van der Waals surface area contributed by atoms with Crippen LogP contribution in [0.25, 0.3) is 5.69 Å². The van der Waals surface area contributed by atoms with Crippen LogP contribution in [-0.2, 0) is 11.2 Å². The van der Waals surface area contributed by atoms with Gasteiger partial charge in [0.25, 0.3) is 0 Å². The highest BCUT2D eigenvalue weighted by Crippen LogP contribution is 2.24. The topological polar surface area (TPSA) is 44.1 Å². The van der Waals surface area contributed by atoms with Crippen LogP contribution >= 0.6 is 0 Å². The number of carbonyl (C=O) groups is 1. The number of rotatable bonds is 4. The van der Waals surface area contributed by atoms with Gasteiger partial charge in [0.15, 0.2) is 0 Å². The molecule has 4 nitrogen and oxygen atoms in total. The normalized spacial score (nSPS) is 11.5. The van der Waals surface area contributed by atoms with E-state index in [1.54, 1.807) is 4.68 Å². The molecule has 4 heteroatoms. The van der Waals surface area contributed by atoms with Crippen molar-refractivity contribution in [2.75, 3.05) is 0 Å². The lowest BCUT2D eigenvalue weighted by molar-refractivity contribution is -0.143. The standard InChI is InChI=1S/C18H24N2O2/c1-6-7-14-12-16(22-17(21)18(3,4)5)20(19-14)15-10-8-13(2)9-11-15/h8-12H,6-7H2,1-5H3. The van der Waals surface area contributed by atoms with E-state index in [0.717, 1.165) is 24.2 Å². The molecule has 0 amide bonds. The summed E-state index contributed by atoms with van der Waals surface area (Å²) in [5.74, 6) is 0.219. The van der Waals surface area contributed by atoms with Crippen LogP contribution in [0.2, 0.25) is 0 Å². The van der Waals surface area contributed by atoms with Crippen molar-refractivity contribution in [3.05, 3.63) is 41.6 Å². The zero-order valence-corrected chi connectivity index (χ0v) is 14.0. The Morgan fingerprint density at radius 2 is 1.86 bits per heavy atom. The van der Waals surface area contributed by atoms with E-state index in [0.29, 0.717) is 5.88 Å². The van der Waals surface area contributed by atoms with Crippen molar-refractivity contribution in [3.8, 4) is 11.6 Å². The molecule has 0 saturated heterocycles. The van der Waals surface area contributed by atoms with Gasteiger partial charge in [-0.15, -0.1) is 0 Å². The van der Waals surface area contributed by atoms with Gasteiger partial charge in [-0.1, -0.05) is 31.0 Å². The molecule has 2 rings (SSSR count). The number of hydrogen-bond acceptors (Lipinski definition) is 3.